The van der Waals surface area contributed by atoms with Crippen molar-refractivity contribution in [3.8, 4) is 0 Å². The first-order valence-corrected chi connectivity index (χ1v) is 9.98. The van der Waals surface area contributed by atoms with E-state index >= 15 is 0 Å². The van der Waals surface area contributed by atoms with Crippen LogP contribution in [0.25, 0.3) is 0 Å². The molecule has 0 aliphatic carbocycles. The van der Waals surface area contributed by atoms with Crippen LogP contribution in [0.4, 0.5) is 11.4 Å². The van der Waals surface area contributed by atoms with Crippen molar-refractivity contribution >= 4 is 22.9 Å². The van der Waals surface area contributed by atoms with Crippen molar-refractivity contribution in [2.75, 3.05) is 11.5 Å². The average Bonchev–Trinajstić information content (AvgIpc) is 2.78. The monoisotopic (exact) mass is 406 g/mol. The van der Waals surface area contributed by atoms with E-state index in [4.69, 9.17) is 11.5 Å². The molecule has 0 spiro atoms. The lowest BCUT2D eigenvalue weighted by atomic mass is 9.96. The Morgan fingerprint density at radius 3 is 1.26 bits per heavy atom. The topological polar surface area (TPSA) is 86.2 Å². The fraction of sp³-hybridized carbons (Fsp3) is 0.0370. The van der Waals surface area contributed by atoms with Crippen molar-refractivity contribution in [1.29, 1.82) is 0 Å². The fourth-order valence-electron chi connectivity index (χ4n) is 3.57. The molecule has 0 amide bonds. The maximum atomic E-state index is 12.8. The summed E-state index contributed by atoms with van der Waals surface area (Å²) in [5.74, 6) is -0.139. The van der Waals surface area contributed by atoms with E-state index in [1.165, 1.54) is 0 Å². The molecule has 152 valence electrons. The molecular formula is C27H22N2O2. The number of carbonyl (C=O) groups is 2. The lowest BCUT2D eigenvalue weighted by Gasteiger charge is -2.08. The molecule has 4 aromatic rings. The zero-order chi connectivity index (χ0) is 21.8. The molecule has 4 heteroatoms. The smallest absolute Gasteiger partial charge is 0.193 e. The molecule has 0 saturated carbocycles. The summed E-state index contributed by atoms with van der Waals surface area (Å²) < 4.78 is 0. The summed E-state index contributed by atoms with van der Waals surface area (Å²) in [6, 6.07) is 29.0. The number of ketones is 2. The molecule has 4 rings (SSSR count). The second kappa shape index (κ2) is 8.67. The highest BCUT2D eigenvalue weighted by molar-refractivity contribution is 6.10. The Kier molecular flexibility index (Phi) is 5.63. The maximum Gasteiger partial charge on any atom is 0.193 e. The zero-order valence-corrected chi connectivity index (χ0v) is 16.9. The standard InChI is InChI=1S/C27H22N2O2/c28-24-11-3-9-22(16-24)26(30)20-7-1-5-18(14-20)13-19-6-2-8-21(15-19)27(31)23-10-4-12-25(29)17-23/h1-12,14-17H,13,28-29H2. The number of hydrogen-bond donors (Lipinski definition) is 2. The molecule has 0 aromatic heterocycles. The molecule has 0 atom stereocenters. The third-order valence-corrected chi connectivity index (χ3v) is 5.08. The normalized spacial score (nSPS) is 10.6. The minimum atomic E-state index is -0.0697. The summed E-state index contributed by atoms with van der Waals surface area (Å²) in [5.41, 5.74) is 17.1. The first-order chi connectivity index (χ1) is 15.0. The van der Waals surface area contributed by atoms with Crippen LogP contribution in [0.3, 0.4) is 0 Å². The molecule has 0 heterocycles. The van der Waals surface area contributed by atoms with Crippen molar-refractivity contribution in [2.24, 2.45) is 0 Å². The van der Waals surface area contributed by atoms with Gasteiger partial charge in [0.1, 0.15) is 0 Å². The number of hydrogen-bond acceptors (Lipinski definition) is 4. The SMILES string of the molecule is Nc1cccc(C(=O)c2cccc(Cc3cccc(C(=O)c4cccc(N)c4)c3)c2)c1. The summed E-state index contributed by atoms with van der Waals surface area (Å²) in [7, 11) is 0. The van der Waals surface area contributed by atoms with Gasteiger partial charge in [-0.05, 0) is 53.9 Å². The van der Waals surface area contributed by atoms with E-state index in [2.05, 4.69) is 0 Å². The Hall–Kier alpha value is -4.18. The van der Waals surface area contributed by atoms with Crippen LogP contribution in [-0.4, -0.2) is 11.6 Å². The number of nitrogen functional groups attached to an aromatic ring is 2. The molecule has 4 nitrogen and oxygen atoms in total. The molecule has 0 bridgehead atoms. The van der Waals surface area contributed by atoms with E-state index in [0.717, 1.165) is 11.1 Å². The first kappa shape index (κ1) is 20.1. The van der Waals surface area contributed by atoms with Crippen LogP contribution in [0.2, 0.25) is 0 Å². The van der Waals surface area contributed by atoms with Gasteiger partial charge in [0.05, 0.1) is 0 Å². The molecule has 31 heavy (non-hydrogen) atoms. The molecule has 0 fully saturated rings. The third kappa shape index (κ3) is 4.70. The predicted octanol–water partition coefficient (Wildman–Crippen LogP) is 4.90. The molecule has 0 saturated heterocycles. The quantitative estimate of drug-likeness (QED) is 0.352. The van der Waals surface area contributed by atoms with E-state index in [1.54, 1.807) is 60.7 Å². The van der Waals surface area contributed by atoms with Crippen LogP contribution < -0.4 is 11.5 Å². The molecule has 0 aliphatic rings. The Labute approximate surface area is 181 Å². The van der Waals surface area contributed by atoms with Gasteiger partial charge in [0.15, 0.2) is 11.6 Å². The van der Waals surface area contributed by atoms with Gasteiger partial charge in [0.25, 0.3) is 0 Å². The highest BCUT2D eigenvalue weighted by Gasteiger charge is 2.12. The largest absolute Gasteiger partial charge is 0.399 e. The lowest BCUT2D eigenvalue weighted by molar-refractivity contribution is 0.103. The van der Waals surface area contributed by atoms with Crippen LogP contribution in [0, 0.1) is 0 Å². The second-order valence-corrected chi connectivity index (χ2v) is 7.49. The maximum absolute atomic E-state index is 12.8. The zero-order valence-electron chi connectivity index (χ0n) is 16.9. The van der Waals surface area contributed by atoms with Gasteiger partial charge >= 0.3 is 0 Å². The van der Waals surface area contributed by atoms with Crippen LogP contribution in [0.5, 0.6) is 0 Å². The van der Waals surface area contributed by atoms with Crippen molar-refractivity contribution in [2.45, 2.75) is 6.42 Å². The highest BCUT2D eigenvalue weighted by Crippen LogP contribution is 2.19. The molecule has 4 N–H and O–H groups in total. The van der Waals surface area contributed by atoms with Gasteiger partial charge in [0, 0.05) is 33.6 Å². The Morgan fingerprint density at radius 2 is 0.871 bits per heavy atom. The van der Waals surface area contributed by atoms with E-state index in [1.807, 2.05) is 36.4 Å². The molecule has 4 aromatic carbocycles. The van der Waals surface area contributed by atoms with Crippen LogP contribution >= 0.6 is 0 Å². The van der Waals surface area contributed by atoms with Crippen molar-refractivity contribution in [3.05, 3.63) is 130 Å². The Balaban J connectivity index is 1.56. The number of carbonyl (C=O) groups excluding carboxylic acids is 2. The van der Waals surface area contributed by atoms with Gasteiger partial charge in [-0.2, -0.15) is 0 Å². The van der Waals surface area contributed by atoms with E-state index < -0.39 is 0 Å². The summed E-state index contributed by atoms with van der Waals surface area (Å²) in [6.07, 6.45) is 0.607. The highest BCUT2D eigenvalue weighted by atomic mass is 16.1. The van der Waals surface area contributed by atoms with Crippen molar-refractivity contribution in [3.63, 3.8) is 0 Å². The number of rotatable bonds is 6. The molecule has 0 radical (unpaired) electrons. The van der Waals surface area contributed by atoms with Crippen LogP contribution in [0.15, 0.2) is 97.1 Å². The van der Waals surface area contributed by atoms with E-state index in [-0.39, 0.29) is 11.6 Å². The van der Waals surface area contributed by atoms with Gasteiger partial charge < -0.3 is 11.5 Å². The summed E-state index contributed by atoms with van der Waals surface area (Å²) in [5, 5.41) is 0. The van der Waals surface area contributed by atoms with Gasteiger partial charge in [-0.25, -0.2) is 0 Å². The van der Waals surface area contributed by atoms with Gasteiger partial charge in [-0.3, -0.25) is 9.59 Å². The summed E-state index contributed by atoms with van der Waals surface area (Å²) in [4.78, 5) is 25.6. The van der Waals surface area contributed by atoms with Gasteiger partial charge in [-0.1, -0.05) is 60.7 Å². The second-order valence-electron chi connectivity index (χ2n) is 7.49. The minimum Gasteiger partial charge on any atom is -0.399 e. The van der Waals surface area contributed by atoms with Crippen molar-refractivity contribution < 1.29 is 9.59 Å². The van der Waals surface area contributed by atoms with Crippen LogP contribution in [-0.2, 0) is 6.42 Å². The molecule has 0 unspecified atom stereocenters. The predicted molar refractivity (Wildman–Crippen MR) is 124 cm³/mol. The van der Waals surface area contributed by atoms with Gasteiger partial charge in [0.2, 0.25) is 0 Å². The number of benzene rings is 4. The summed E-state index contributed by atoms with van der Waals surface area (Å²) in [6.45, 7) is 0. The van der Waals surface area contributed by atoms with Gasteiger partial charge in [-0.15, -0.1) is 0 Å². The number of anilines is 2. The minimum absolute atomic E-state index is 0.0697. The van der Waals surface area contributed by atoms with Crippen LogP contribution in [0.1, 0.15) is 43.0 Å². The lowest BCUT2D eigenvalue weighted by Crippen LogP contribution is -2.04. The van der Waals surface area contributed by atoms with E-state index in [9.17, 15) is 9.59 Å². The van der Waals surface area contributed by atoms with E-state index in [0.29, 0.717) is 40.0 Å². The third-order valence-electron chi connectivity index (χ3n) is 5.08. The fourth-order valence-corrected chi connectivity index (χ4v) is 3.57. The van der Waals surface area contributed by atoms with Crippen molar-refractivity contribution in [1.82, 2.24) is 0 Å². The average molecular weight is 406 g/mol. The number of nitrogens with two attached hydrogens (primary N) is 2. The Morgan fingerprint density at radius 1 is 0.516 bits per heavy atom. The molecular weight excluding hydrogens is 384 g/mol. The molecule has 0 aliphatic heterocycles. The summed E-state index contributed by atoms with van der Waals surface area (Å²) >= 11 is 0. The first-order valence-electron chi connectivity index (χ1n) is 9.98. The Bertz CT molecular complexity index is 1180.